The highest BCUT2D eigenvalue weighted by Gasteiger charge is 2.38. The first kappa shape index (κ1) is 18.2. The van der Waals surface area contributed by atoms with Crippen LogP contribution in [0.4, 0.5) is 4.79 Å². The van der Waals surface area contributed by atoms with Gasteiger partial charge in [0.2, 0.25) is 15.9 Å². The van der Waals surface area contributed by atoms with Crippen molar-refractivity contribution in [3.63, 3.8) is 0 Å². The van der Waals surface area contributed by atoms with Crippen LogP contribution in [0.25, 0.3) is 11.1 Å². The molecule has 1 aromatic carbocycles. The van der Waals surface area contributed by atoms with Crippen LogP contribution in [-0.2, 0) is 21.4 Å². The van der Waals surface area contributed by atoms with Crippen LogP contribution in [-0.4, -0.2) is 29.4 Å². The van der Waals surface area contributed by atoms with Gasteiger partial charge in [0.15, 0.2) is 5.58 Å². The molecule has 10 heteroatoms. The van der Waals surface area contributed by atoms with Crippen molar-refractivity contribution in [2.24, 2.45) is 5.14 Å². The number of imide groups is 1. The summed E-state index contributed by atoms with van der Waals surface area (Å²) in [6.07, 6.45) is 4.94. The van der Waals surface area contributed by atoms with Crippen molar-refractivity contribution in [3.05, 3.63) is 34.6 Å². The van der Waals surface area contributed by atoms with Crippen molar-refractivity contribution < 1.29 is 22.4 Å². The fourth-order valence-electron chi connectivity index (χ4n) is 3.29. The quantitative estimate of drug-likeness (QED) is 0.776. The number of sulfonamides is 1. The molecule has 1 aliphatic heterocycles. The highest BCUT2D eigenvalue weighted by Crippen LogP contribution is 2.38. The molecule has 1 aliphatic carbocycles. The second-order valence-corrected chi connectivity index (χ2v) is 9.06. The number of allylic oxidation sites excluding steroid dienone is 1. The van der Waals surface area contributed by atoms with Gasteiger partial charge in [-0.1, -0.05) is 12.0 Å². The molecule has 2 aliphatic rings. The molecule has 0 atom stereocenters. The van der Waals surface area contributed by atoms with Gasteiger partial charge in [0.05, 0.1) is 9.80 Å². The maximum Gasteiger partial charge on any atom is 0.294 e. The van der Waals surface area contributed by atoms with E-state index in [0.717, 1.165) is 54.3 Å². The summed E-state index contributed by atoms with van der Waals surface area (Å²) >= 11 is 0.972. The molecule has 142 valence electrons. The van der Waals surface area contributed by atoms with E-state index in [1.807, 2.05) is 0 Å². The molecule has 2 aromatic rings. The number of fused-ring (bicyclic) bond motifs is 1. The molecular weight excluding hydrogens is 390 g/mol. The van der Waals surface area contributed by atoms with E-state index in [-0.39, 0.29) is 28.5 Å². The maximum absolute atomic E-state index is 12.7. The third kappa shape index (κ3) is 3.52. The predicted octanol–water partition coefficient (Wildman–Crippen LogP) is 2.89. The molecule has 0 bridgehead atoms. The Morgan fingerprint density at radius 1 is 1.19 bits per heavy atom. The Labute approximate surface area is 159 Å². The minimum Gasteiger partial charge on any atom is -0.439 e. The lowest BCUT2D eigenvalue weighted by Gasteiger charge is -2.15. The summed E-state index contributed by atoms with van der Waals surface area (Å²) in [5, 5.41) is 4.77. The van der Waals surface area contributed by atoms with Crippen LogP contribution in [0.5, 0.6) is 0 Å². The number of primary sulfonamides is 1. The van der Waals surface area contributed by atoms with Crippen molar-refractivity contribution in [1.29, 1.82) is 0 Å². The first-order chi connectivity index (χ1) is 12.8. The van der Waals surface area contributed by atoms with Gasteiger partial charge in [-0.3, -0.25) is 14.5 Å². The van der Waals surface area contributed by atoms with Crippen LogP contribution in [0.1, 0.15) is 38.0 Å². The Morgan fingerprint density at radius 2 is 1.93 bits per heavy atom. The summed E-state index contributed by atoms with van der Waals surface area (Å²) in [4.78, 5) is 30.8. The van der Waals surface area contributed by atoms with Gasteiger partial charge < -0.3 is 4.42 Å². The summed E-state index contributed by atoms with van der Waals surface area (Å²) in [6, 6.07) is 4.07. The van der Waals surface area contributed by atoms with Gasteiger partial charge in [-0.2, -0.15) is 0 Å². The largest absolute Gasteiger partial charge is 0.439 e. The van der Waals surface area contributed by atoms with Crippen molar-refractivity contribution in [2.75, 3.05) is 0 Å². The van der Waals surface area contributed by atoms with Crippen molar-refractivity contribution in [2.45, 2.75) is 43.5 Å². The first-order valence-corrected chi connectivity index (χ1v) is 10.9. The number of amides is 2. The van der Waals surface area contributed by atoms with E-state index in [4.69, 9.17) is 9.56 Å². The monoisotopic (exact) mass is 407 g/mol. The van der Waals surface area contributed by atoms with Gasteiger partial charge in [-0.15, -0.1) is 0 Å². The smallest absolute Gasteiger partial charge is 0.294 e. The number of benzene rings is 1. The number of rotatable bonds is 3. The van der Waals surface area contributed by atoms with Crippen molar-refractivity contribution in [3.8, 4) is 0 Å². The molecule has 2 fully saturated rings. The number of nitrogens with zero attached hydrogens (tertiary/aromatic N) is 2. The number of thioether (sulfide) groups is 1. The Kier molecular flexibility index (Phi) is 4.57. The molecule has 1 saturated heterocycles. The predicted molar refractivity (Wildman–Crippen MR) is 99.0 cm³/mol. The fourth-order valence-corrected chi connectivity index (χ4v) is 4.80. The third-order valence-electron chi connectivity index (χ3n) is 4.65. The highest BCUT2D eigenvalue weighted by atomic mass is 32.2. The van der Waals surface area contributed by atoms with E-state index in [9.17, 15) is 18.0 Å². The SMILES string of the molecule is NS(=O)(=O)c1ccc2oc(CN3C(=O)SC(=C4CCCCC4)C3=O)nc2c1. The first-order valence-electron chi connectivity index (χ1n) is 8.51. The summed E-state index contributed by atoms with van der Waals surface area (Å²) < 4.78 is 28.5. The second kappa shape index (κ2) is 6.77. The minimum atomic E-state index is -3.85. The molecule has 1 aromatic heterocycles. The standard InChI is InChI=1S/C17H17N3O5S2/c18-27(23,24)11-6-7-13-12(8-11)19-14(25-13)9-20-16(21)15(26-17(20)22)10-4-2-1-3-5-10/h6-8H,1-5,9H2,(H2,18,23,24). The van der Waals surface area contributed by atoms with Gasteiger partial charge in [0.25, 0.3) is 11.1 Å². The average Bonchev–Trinajstić information content (AvgIpc) is 3.16. The zero-order chi connectivity index (χ0) is 19.2. The molecule has 2 amide bonds. The molecule has 2 N–H and O–H groups in total. The van der Waals surface area contributed by atoms with E-state index in [0.29, 0.717) is 16.0 Å². The van der Waals surface area contributed by atoms with Crippen LogP contribution < -0.4 is 5.14 Å². The van der Waals surface area contributed by atoms with E-state index >= 15 is 0 Å². The number of hydrogen-bond acceptors (Lipinski definition) is 7. The lowest BCUT2D eigenvalue weighted by atomic mass is 9.94. The molecule has 0 unspecified atom stereocenters. The number of hydrogen-bond donors (Lipinski definition) is 1. The lowest BCUT2D eigenvalue weighted by molar-refractivity contribution is -0.123. The van der Waals surface area contributed by atoms with Crippen LogP contribution in [0.3, 0.4) is 0 Å². The Morgan fingerprint density at radius 3 is 2.63 bits per heavy atom. The zero-order valence-corrected chi connectivity index (χ0v) is 15.9. The van der Waals surface area contributed by atoms with Crippen LogP contribution >= 0.6 is 11.8 Å². The molecule has 0 spiro atoms. The van der Waals surface area contributed by atoms with Crippen LogP contribution in [0.2, 0.25) is 0 Å². The number of oxazole rings is 1. The van der Waals surface area contributed by atoms with Gasteiger partial charge in [-0.25, -0.2) is 18.5 Å². The summed E-state index contributed by atoms with van der Waals surface area (Å²) in [5.41, 5.74) is 1.71. The molecule has 2 heterocycles. The molecule has 8 nitrogen and oxygen atoms in total. The highest BCUT2D eigenvalue weighted by molar-refractivity contribution is 8.18. The number of nitrogens with two attached hydrogens (primary N) is 1. The van der Waals surface area contributed by atoms with E-state index in [1.165, 1.54) is 18.2 Å². The Balaban J connectivity index is 1.60. The average molecular weight is 407 g/mol. The van der Waals surface area contributed by atoms with E-state index < -0.39 is 10.0 Å². The van der Waals surface area contributed by atoms with Gasteiger partial charge in [0.1, 0.15) is 12.1 Å². The van der Waals surface area contributed by atoms with Gasteiger partial charge >= 0.3 is 0 Å². The van der Waals surface area contributed by atoms with Gasteiger partial charge in [0, 0.05) is 0 Å². The van der Waals surface area contributed by atoms with E-state index in [1.54, 1.807) is 0 Å². The van der Waals surface area contributed by atoms with Crippen LogP contribution in [0.15, 0.2) is 38.0 Å². The third-order valence-corrected chi connectivity index (χ3v) is 6.63. The number of carbonyl (C=O) groups excluding carboxylic acids is 2. The topological polar surface area (TPSA) is 124 Å². The summed E-state index contributed by atoms with van der Waals surface area (Å²) in [5.74, 6) is -0.150. The Bertz CT molecular complexity index is 1080. The van der Waals surface area contributed by atoms with E-state index in [2.05, 4.69) is 4.98 Å². The van der Waals surface area contributed by atoms with Crippen molar-refractivity contribution >= 4 is 44.0 Å². The van der Waals surface area contributed by atoms with Gasteiger partial charge in [-0.05, 0) is 55.6 Å². The summed E-state index contributed by atoms with van der Waals surface area (Å²) in [6.45, 7) is -0.0964. The van der Waals surface area contributed by atoms with Crippen LogP contribution in [0, 0.1) is 0 Å². The molecule has 4 rings (SSSR count). The molecule has 1 saturated carbocycles. The van der Waals surface area contributed by atoms with Crippen molar-refractivity contribution in [1.82, 2.24) is 9.88 Å². The number of carbonyl (C=O) groups is 2. The second-order valence-electron chi connectivity index (χ2n) is 6.53. The molecule has 0 radical (unpaired) electrons. The molecular formula is C17H17N3O5S2. The fraction of sp³-hybridized carbons (Fsp3) is 0.353. The zero-order valence-electron chi connectivity index (χ0n) is 14.3. The lowest BCUT2D eigenvalue weighted by Crippen LogP contribution is -2.28. The normalized spacial score (nSPS) is 18.8. The minimum absolute atomic E-state index is 0.0805. The maximum atomic E-state index is 12.7. The number of aromatic nitrogens is 1. The molecule has 27 heavy (non-hydrogen) atoms. The Hall–Kier alpha value is -2.17. The summed E-state index contributed by atoms with van der Waals surface area (Å²) in [7, 11) is -3.85.